The molecule has 3 aromatic rings. The average Bonchev–Trinajstić information content (AvgIpc) is 3.09. The van der Waals surface area contributed by atoms with Gasteiger partial charge >= 0.3 is 0 Å². The minimum absolute atomic E-state index is 0.0149. The van der Waals surface area contributed by atoms with Crippen LogP contribution in [-0.4, -0.2) is 34.1 Å². The Labute approximate surface area is 190 Å². The number of anilines is 2. The molecular formula is C23H22ClN5O3. The van der Waals surface area contributed by atoms with Gasteiger partial charge in [-0.05, 0) is 49.2 Å². The maximum Gasteiger partial charge on any atom is 0.288 e. The number of carbonyl (C=O) groups is 1. The van der Waals surface area contributed by atoms with Crippen LogP contribution in [0.15, 0.2) is 54.6 Å². The zero-order valence-electron chi connectivity index (χ0n) is 17.3. The molecule has 4 rings (SSSR count). The Morgan fingerprint density at radius 2 is 1.69 bits per heavy atom. The number of amides is 1. The maximum atomic E-state index is 12.5. The van der Waals surface area contributed by atoms with Gasteiger partial charge in [0.25, 0.3) is 11.6 Å². The number of benzene rings is 2. The van der Waals surface area contributed by atoms with Crippen molar-refractivity contribution in [1.29, 1.82) is 0 Å². The van der Waals surface area contributed by atoms with Gasteiger partial charge in [0.2, 0.25) is 0 Å². The highest BCUT2D eigenvalue weighted by atomic mass is 35.5. The number of hydrogen-bond acceptors (Lipinski definition) is 6. The van der Waals surface area contributed by atoms with Crippen molar-refractivity contribution in [3.8, 4) is 11.3 Å². The van der Waals surface area contributed by atoms with Crippen LogP contribution in [0.4, 0.5) is 17.2 Å². The molecule has 32 heavy (non-hydrogen) atoms. The van der Waals surface area contributed by atoms with Crippen LogP contribution < -0.4 is 10.2 Å². The Morgan fingerprint density at radius 3 is 2.31 bits per heavy atom. The molecule has 1 aliphatic rings. The van der Waals surface area contributed by atoms with Gasteiger partial charge < -0.3 is 10.2 Å². The number of rotatable bonds is 5. The predicted octanol–water partition coefficient (Wildman–Crippen LogP) is 5.34. The first-order valence-electron chi connectivity index (χ1n) is 10.5. The van der Waals surface area contributed by atoms with Crippen LogP contribution in [0, 0.1) is 10.1 Å². The van der Waals surface area contributed by atoms with E-state index in [2.05, 4.69) is 20.4 Å². The van der Waals surface area contributed by atoms with Crippen molar-refractivity contribution in [2.24, 2.45) is 0 Å². The van der Waals surface area contributed by atoms with Crippen LogP contribution in [0.5, 0.6) is 0 Å². The summed E-state index contributed by atoms with van der Waals surface area (Å²) >= 11 is 5.81. The van der Waals surface area contributed by atoms with Gasteiger partial charge in [0.1, 0.15) is 5.02 Å². The van der Waals surface area contributed by atoms with Crippen molar-refractivity contribution in [1.82, 2.24) is 10.2 Å². The molecule has 1 saturated heterocycles. The first-order valence-corrected chi connectivity index (χ1v) is 10.8. The summed E-state index contributed by atoms with van der Waals surface area (Å²) in [4.78, 5) is 25.2. The molecule has 2 heterocycles. The van der Waals surface area contributed by atoms with Crippen molar-refractivity contribution in [2.45, 2.75) is 25.7 Å². The summed E-state index contributed by atoms with van der Waals surface area (Å²) in [6, 6.07) is 15.1. The van der Waals surface area contributed by atoms with Crippen molar-refractivity contribution < 1.29 is 9.72 Å². The lowest BCUT2D eigenvalue weighted by Gasteiger charge is -2.20. The number of nitrogens with zero attached hydrogens (tertiary/aromatic N) is 4. The minimum Gasteiger partial charge on any atom is -0.355 e. The minimum atomic E-state index is -0.618. The van der Waals surface area contributed by atoms with Crippen molar-refractivity contribution in [2.75, 3.05) is 23.3 Å². The van der Waals surface area contributed by atoms with Gasteiger partial charge in [-0.2, -0.15) is 0 Å². The molecule has 0 aliphatic carbocycles. The summed E-state index contributed by atoms with van der Waals surface area (Å²) in [5.41, 5.74) is 2.03. The monoisotopic (exact) mass is 451 g/mol. The van der Waals surface area contributed by atoms with Crippen LogP contribution in [0.1, 0.15) is 36.0 Å². The van der Waals surface area contributed by atoms with Crippen molar-refractivity contribution in [3.63, 3.8) is 0 Å². The Kier molecular flexibility index (Phi) is 6.61. The van der Waals surface area contributed by atoms with E-state index in [4.69, 9.17) is 11.6 Å². The Balaban J connectivity index is 1.43. The molecule has 0 unspecified atom stereocenters. The number of nitro groups is 1. The molecule has 1 aromatic heterocycles. The standard InChI is InChI=1S/C23H22ClN5O3/c24-19-10-7-17(15-21(19)29(31)32)23(30)25-18-8-5-16(6-9-18)20-11-12-22(27-26-20)28-13-3-1-2-4-14-28/h5-12,15H,1-4,13-14H2,(H,25,30). The van der Waals surface area contributed by atoms with Crippen LogP contribution in [-0.2, 0) is 0 Å². The van der Waals surface area contributed by atoms with Crippen molar-refractivity contribution >= 4 is 34.7 Å². The molecule has 2 aromatic carbocycles. The zero-order chi connectivity index (χ0) is 22.5. The maximum absolute atomic E-state index is 12.5. The van der Waals surface area contributed by atoms with E-state index in [1.165, 1.54) is 37.8 Å². The molecule has 0 spiro atoms. The fraction of sp³-hybridized carbons (Fsp3) is 0.261. The molecule has 1 fully saturated rings. The lowest BCUT2D eigenvalue weighted by atomic mass is 10.1. The van der Waals surface area contributed by atoms with Gasteiger partial charge in [0.15, 0.2) is 5.82 Å². The molecular weight excluding hydrogens is 430 g/mol. The van der Waals surface area contributed by atoms with Crippen LogP contribution >= 0.6 is 11.6 Å². The van der Waals surface area contributed by atoms with Crippen LogP contribution in [0.2, 0.25) is 5.02 Å². The van der Waals surface area contributed by atoms with E-state index >= 15 is 0 Å². The van der Waals surface area contributed by atoms with Gasteiger partial charge in [-0.15, -0.1) is 10.2 Å². The van der Waals surface area contributed by atoms with Crippen LogP contribution in [0.3, 0.4) is 0 Å². The van der Waals surface area contributed by atoms with Crippen LogP contribution in [0.25, 0.3) is 11.3 Å². The second-order valence-corrected chi connectivity index (χ2v) is 8.04. The summed E-state index contributed by atoms with van der Waals surface area (Å²) in [6.45, 7) is 2.03. The molecule has 1 aliphatic heterocycles. The topological polar surface area (TPSA) is 101 Å². The quantitative estimate of drug-likeness (QED) is 0.415. The lowest BCUT2D eigenvalue weighted by molar-refractivity contribution is -0.384. The Morgan fingerprint density at radius 1 is 0.969 bits per heavy atom. The molecule has 0 atom stereocenters. The molecule has 0 radical (unpaired) electrons. The van der Waals surface area contributed by atoms with E-state index in [0.717, 1.165) is 36.2 Å². The van der Waals surface area contributed by atoms with E-state index in [0.29, 0.717) is 5.69 Å². The number of hydrogen-bond donors (Lipinski definition) is 1. The van der Waals surface area contributed by atoms with Gasteiger partial charge in [0, 0.05) is 36.0 Å². The van der Waals surface area contributed by atoms with Gasteiger partial charge in [0.05, 0.1) is 10.6 Å². The van der Waals surface area contributed by atoms with Gasteiger partial charge in [-0.1, -0.05) is 36.6 Å². The van der Waals surface area contributed by atoms with E-state index < -0.39 is 10.8 Å². The highest BCUT2D eigenvalue weighted by molar-refractivity contribution is 6.32. The number of carbonyl (C=O) groups excluding carboxylic acids is 1. The number of nitrogens with one attached hydrogen (secondary N) is 1. The summed E-state index contributed by atoms with van der Waals surface area (Å²) < 4.78 is 0. The third-order valence-corrected chi connectivity index (χ3v) is 5.74. The largest absolute Gasteiger partial charge is 0.355 e. The second-order valence-electron chi connectivity index (χ2n) is 7.63. The summed E-state index contributed by atoms with van der Waals surface area (Å²) in [5.74, 6) is 0.440. The third kappa shape index (κ3) is 5.03. The first-order chi connectivity index (χ1) is 15.5. The second kappa shape index (κ2) is 9.74. The highest BCUT2D eigenvalue weighted by Crippen LogP contribution is 2.26. The number of aromatic nitrogens is 2. The fourth-order valence-corrected chi connectivity index (χ4v) is 3.86. The number of halogens is 1. The van der Waals surface area contributed by atoms with Gasteiger partial charge in [-0.25, -0.2) is 0 Å². The van der Waals surface area contributed by atoms with E-state index in [1.807, 2.05) is 24.3 Å². The zero-order valence-corrected chi connectivity index (χ0v) is 18.1. The lowest BCUT2D eigenvalue weighted by Crippen LogP contribution is -2.25. The molecule has 8 nitrogen and oxygen atoms in total. The SMILES string of the molecule is O=C(Nc1ccc(-c2ccc(N3CCCCCC3)nn2)cc1)c1ccc(Cl)c([N+](=O)[O-])c1. The Bertz CT molecular complexity index is 1110. The summed E-state index contributed by atoms with van der Waals surface area (Å²) in [6.07, 6.45) is 4.89. The van der Waals surface area contributed by atoms with E-state index in [-0.39, 0.29) is 16.3 Å². The fourth-order valence-electron chi connectivity index (χ4n) is 3.67. The van der Waals surface area contributed by atoms with Crippen molar-refractivity contribution in [3.05, 3.63) is 75.3 Å². The predicted molar refractivity (Wildman–Crippen MR) is 124 cm³/mol. The Hall–Kier alpha value is -3.52. The van der Waals surface area contributed by atoms with E-state index in [1.54, 1.807) is 12.1 Å². The van der Waals surface area contributed by atoms with E-state index in [9.17, 15) is 14.9 Å². The molecule has 0 bridgehead atoms. The summed E-state index contributed by atoms with van der Waals surface area (Å²) in [7, 11) is 0. The molecule has 1 amide bonds. The average molecular weight is 452 g/mol. The summed E-state index contributed by atoms with van der Waals surface area (Å²) in [5, 5.41) is 22.5. The molecule has 0 saturated carbocycles. The number of nitro benzene ring substituents is 1. The smallest absolute Gasteiger partial charge is 0.288 e. The normalized spacial score (nSPS) is 14.0. The third-order valence-electron chi connectivity index (χ3n) is 5.42. The first kappa shape index (κ1) is 21.7. The molecule has 1 N–H and O–H groups in total. The van der Waals surface area contributed by atoms with Gasteiger partial charge in [-0.3, -0.25) is 14.9 Å². The molecule has 164 valence electrons. The molecule has 9 heteroatoms. The highest BCUT2D eigenvalue weighted by Gasteiger charge is 2.17.